The average molecular weight is 239 g/mol. The van der Waals surface area contributed by atoms with Crippen molar-refractivity contribution in [2.24, 2.45) is 5.73 Å². The third-order valence-electron chi connectivity index (χ3n) is 3.42. The van der Waals surface area contributed by atoms with E-state index in [2.05, 4.69) is 12.1 Å². The van der Waals surface area contributed by atoms with E-state index in [1.165, 1.54) is 11.1 Å². The van der Waals surface area contributed by atoms with Crippen LogP contribution in [0, 0.1) is 0 Å². The molecule has 18 heavy (non-hydrogen) atoms. The van der Waals surface area contributed by atoms with E-state index in [9.17, 15) is 4.79 Å². The van der Waals surface area contributed by atoms with Crippen LogP contribution in [0.1, 0.15) is 17.0 Å². The first-order chi connectivity index (χ1) is 8.83. The number of ether oxygens (including phenoxy) is 1. The summed E-state index contributed by atoms with van der Waals surface area (Å²) in [4.78, 5) is 10.5. The summed E-state index contributed by atoms with van der Waals surface area (Å²) in [5, 5.41) is 0. The molecule has 0 radical (unpaired) electrons. The third kappa shape index (κ3) is 1.52. The van der Waals surface area contributed by atoms with Crippen molar-refractivity contribution < 1.29 is 9.53 Å². The van der Waals surface area contributed by atoms with Gasteiger partial charge in [-0.15, -0.1) is 0 Å². The van der Waals surface area contributed by atoms with E-state index < -0.39 is 6.23 Å². The van der Waals surface area contributed by atoms with Crippen LogP contribution in [0.25, 0.3) is 11.1 Å². The van der Waals surface area contributed by atoms with Crippen LogP contribution >= 0.6 is 0 Å². The summed E-state index contributed by atoms with van der Waals surface area (Å²) in [5.74, 6) is -0.0809. The number of nitrogens with two attached hydrogens (primary N) is 1. The van der Waals surface area contributed by atoms with Crippen LogP contribution in [-0.2, 0) is 9.53 Å². The van der Waals surface area contributed by atoms with Gasteiger partial charge in [-0.3, -0.25) is 10.5 Å². The summed E-state index contributed by atoms with van der Waals surface area (Å²) >= 11 is 0. The molecule has 0 bridgehead atoms. The summed E-state index contributed by atoms with van der Waals surface area (Å²) in [6, 6.07) is 16.2. The first-order valence-electron chi connectivity index (χ1n) is 5.86. The minimum atomic E-state index is -0.646. The van der Waals surface area contributed by atoms with Crippen molar-refractivity contribution in [1.82, 2.24) is 0 Å². The van der Waals surface area contributed by atoms with Gasteiger partial charge in [0.25, 0.3) is 6.47 Å². The molecule has 1 aliphatic rings. The number of hydrogen-bond donors (Lipinski definition) is 1. The van der Waals surface area contributed by atoms with Gasteiger partial charge in [0.15, 0.2) is 6.23 Å². The Kier molecular flexibility index (Phi) is 2.61. The van der Waals surface area contributed by atoms with Gasteiger partial charge in [-0.1, -0.05) is 48.5 Å². The standard InChI is InChI=1S/C15H13NO2/c16-15(18-9-17)14-12-7-3-1-5-10(12)11-6-2-4-8-13(11)14/h1-9,14-15H,16H2. The molecule has 1 atom stereocenters. The van der Waals surface area contributed by atoms with Crippen molar-refractivity contribution in [2.75, 3.05) is 0 Å². The molecule has 0 spiro atoms. The first-order valence-corrected chi connectivity index (χ1v) is 5.86. The van der Waals surface area contributed by atoms with Gasteiger partial charge >= 0.3 is 0 Å². The Hall–Kier alpha value is -2.13. The Bertz CT molecular complexity index is 549. The average Bonchev–Trinajstić information content (AvgIpc) is 2.73. The van der Waals surface area contributed by atoms with E-state index >= 15 is 0 Å². The summed E-state index contributed by atoms with van der Waals surface area (Å²) in [6.07, 6.45) is -0.646. The Morgan fingerprint density at radius 3 is 2.00 bits per heavy atom. The van der Waals surface area contributed by atoms with Crippen LogP contribution in [0.15, 0.2) is 48.5 Å². The van der Waals surface area contributed by atoms with Crippen LogP contribution in [0.4, 0.5) is 0 Å². The van der Waals surface area contributed by atoms with Crippen LogP contribution in [-0.4, -0.2) is 12.7 Å². The van der Waals surface area contributed by atoms with E-state index in [0.29, 0.717) is 6.47 Å². The van der Waals surface area contributed by atoms with E-state index in [1.807, 2.05) is 36.4 Å². The fourth-order valence-electron chi connectivity index (χ4n) is 2.69. The molecule has 0 fully saturated rings. The van der Waals surface area contributed by atoms with Crippen molar-refractivity contribution in [3.63, 3.8) is 0 Å². The van der Waals surface area contributed by atoms with Gasteiger partial charge in [-0.05, 0) is 22.3 Å². The molecule has 3 heteroatoms. The molecule has 0 saturated carbocycles. The second kappa shape index (κ2) is 4.27. The number of carbonyl (C=O) groups is 1. The molecule has 1 aliphatic carbocycles. The maximum absolute atomic E-state index is 10.5. The second-order valence-corrected chi connectivity index (χ2v) is 4.35. The monoisotopic (exact) mass is 239 g/mol. The van der Waals surface area contributed by atoms with Gasteiger partial charge in [0, 0.05) is 0 Å². The van der Waals surface area contributed by atoms with E-state index in [-0.39, 0.29) is 5.92 Å². The maximum atomic E-state index is 10.5. The highest BCUT2D eigenvalue weighted by Crippen LogP contribution is 2.45. The highest BCUT2D eigenvalue weighted by atomic mass is 16.5. The molecule has 0 heterocycles. The van der Waals surface area contributed by atoms with E-state index in [1.54, 1.807) is 0 Å². The third-order valence-corrected chi connectivity index (χ3v) is 3.42. The quantitative estimate of drug-likeness (QED) is 0.660. The highest BCUT2D eigenvalue weighted by Gasteiger charge is 2.33. The molecule has 0 aliphatic heterocycles. The van der Waals surface area contributed by atoms with Gasteiger partial charge in [0.05, 0.1) is 5.92 Å². The van der Waals surface area contributed by atoms with Crippen molar-refractivity contribution in [3.8, 4) is 11.1 Å². The largest absolute Gasteiger partial charge is 0.448 e. The van der Waals surface area contributed by atoms with Crippen LogP contribution < -0.4 is 5.73 Å². The molecular formula is C15H13NO2. The Labute approximate surface area is 105 Å². The lowest BCUT2D eigenvalue weighted by molar-refractivity contribution is -0.133. The normalized spacial score (nSPS) is 14.7. The summed E-state index contributed by atoms with van der Waals surface area (Å²) in [6.45, 7) is 0.411. The van der Waals surface area contributed by atoms with Gasteiger partial charge in [0.1, 0.15) is 0 Å². The van der Waals surface area contributed by atoms with Gasteiger partial charge in [-0.2, -0.15) is 0 Å². The maximum Gasteiger partial charge on any atom is 0.294 e. The zero-order chi connectivity index (χ0) is 12.5. The highest BCUT2D eigenvalue weighted by molar-refractivity contribution is 5.79. The smallest absolute Gasteiger partial charge is 0.294 e. The first kappa shape index (κ1) is 11.0. The summed E-state index contributed by atoms with van der Waals surface area (Å²) < 4.78 is 4.94. The van der Waals surface area contributed by atoms with Gasteiger partial charge in [-0.25, -0.2) is 0 Å². The van der Waals surface area contributed by atoms with Crippen molar-refractivity contribution >= 4 is 6.47 Å². The summed E-state index contributed by atoms with van der Waals surface area (Å²) in [5.41, 5.74) is 10.5. The molecule has 90 valence electrons. The number of benzene rings is 2. The molecule has 2 aromatic rings. The van der Waals surface area contributed by atoms with Crippen LogP contribution in [0.3, 0.4) is 0 Å². The van der Waals surface area contributed by atoms with Crippen molar-refractivity contribution in [3.05, 3.63) is 59.7 Å². The van der Waals surface area contributed by atoms with Crippen LogP contribution in [0.2, 0.25) is 0 Å². The number of carbonyl (C=O) groups excluding carboxylic acids is 1. The number of rotatable bonds is 3. The van der Waals surface area contributed by atoms with Gasteiger partial charge < -0.3 is 4.74 Å². The van der Waals surface area contributed by atoms with E-state index in [4.69, 9.17) is 10.5 Å². The predicted molar refractivity (Wildman–Crippen MR) is 68.8 cm³/mol. The molecule has 3 rings (SSSR count). The minimum absolute atomic E-state index is 0.0809. The molecule has 0 aromatic heterocycles. The Balaban J connectivity index is 2.17. The molecule has 0 saturated heterocycles. The number of fused-ring (bicyclic) bond motifs is 3. The van der Waals surface area contributed by atoms with Gasteiger partial charge in [0.2, 0.25) is 0 Å². The Morgan fingerprint density at radius 1 is 1.00 bits per heavy atom. The van der Waals surface area contributed by atoms with Crippen LogP contribution in [0.5, 0.6) is 0 Å². The van der Waals surface area contributed by atoms with Crippen molar-refractivity contribution in [1.29, 1.82) is 0 Å². The molecule has 1 unspecified atom stereocenters. The lowest BCUT2D eigenvalue weighted by atomic mass is 9.95. The molecule has 0 amide bonds. The molecular weight excluding hydrogens is 226 g/mol. The molecule has 2 N–H and O–H groups in total. The van der Waals surface area contributed by atoms with Crippen molar-refractivity contribution in [2.45, 2.75) is 12.1 Å². The molecule has 2 aromatic carbocycles. The molecule has 3 nitrogen and oxygen atoms in total. The lowest BCUT2D eigenvalue weighted by Gasteiger charge is -2.19. The predicted octanol–water partition coefficient (Wildman–Crippen LogP) is 2.26. The second-order valence-electron chi connectivity index (χ2n) is 4.35. The lowest BCUT2D eigenvalue weighted by Crippen LogP contribution is -2.30. The Morgan fingerprint density at radius 2 is 1.50 bits per heavy atom. The van der Waals surface area contributed by atoms with E-state index in [0.717, 1.165) is 11.1 Å². The fourth-order valence-corrected chi connectivity index (χ4v) is 2.69. The zero-order valence-corrected chi connectivity index (χ0v) is 9.74. The number of hydrogen-bond acceptors (Lipinski definition) is 3. The topological polar surface area (TPSA) is 52.3 Å². The summed E-state index contributed by atoms with van der Waals surface area (Å²) in [7, 11) is 0. The SMILES string of the molecule is NC(OC=O)C1c2ccccc2-c2ccccc21. The zero-order valence-electron chi connectivity index (χ0n) is 9.74. The minimum Gasteiger partial charge on any atom is -0.448 e. The fraction of sp³-hybridized carbons (Fsp3) is 0.133.